The van der Waals surface area contributed by atoms with E-state index < -0.39 is 0 Å². The average Bonchev–Trinajstić information content (AvgIpc) is 1.62. The molecule has 5 heteroatoms. The van der Waals surface area contributed by atoms with Crippen molar-refractivity contribution < 1.29 is 0 Å². The molecule has 0 saturated heterocycles. The zero-order chi connectivity index (χ0) is 7.49. The molecule has 1 nitrogen and oxygen atoms in total. The lowest BCUT2D eigenvalue weighted by Crippen LogP contribution is -2.06. The van der Waals surface area contributed by atoms with Gasteiger partial charge in [-0.15, -0.1) is 0 Å². The van der Waals surface area contributed by atoms with Gasteiger partial charge in [-0.2, -0.15) is 5.26 Å². The third-order valence-electron chi connectivity index (χ3n) is 0.551. The number of nitriles is 1. The van der Waals surface area contributed by atoms with Gasteiger partial charge in [-0.1, -0.05) is 63.7 Å². The maximum atomic E-state index is 8.34. The Morgan fingerprint density at radius 3 is 2.00 bits per heavy atom. The Hall–Kier alpha value is 1.41. The van der Waals surface area contributed by atoms with Crippen molar-refractivity contribution in [2.75, 3.05) is 0 Å². The number of rotatable bonds is 1. The van der Waals surface area contributed by atoms with Gasteiger partial charge in [-0.3, -0.25) is 0 Å². The number of hydrogen-bond acceptors (Lipinski definition) is 1. The largest absolute Gasteiger partial charge is 0.197 e. The van der Waals surface area contributed by atoms with Gasteiger partial charge in [0.05, 0.1) is 6.07 Å². The fourth-order valence-electron chi connectivity index (χ4n) is 0.249. The molecule has 0 spiro atoms. The van der Waals surface area contributed by atoms with Gasteiger partial charge in [0.1, 0.15) is 6.97 Å². The zero-order valence-corrected chi connectivity index (χ0v) is 10.6. The van der Waals surface area contributed by atoms with E-state index in [0.717, 1.165) is 0 Å². The van der Waals surface area contributed by atoms with Gasteiger partial charge in [-0.05, 0) is 0 Å². The highest BCUT2D eigenvalue weighted by Gasteiger charge is 2.21. The van der Waals surface area contributed by atoms with Gasteiger partial charge in [0.25, 0.3) is 0 Å². The minimum Gasteiger partial charge on any atom is -0.197 e. The van der Waals surface area contributed by atoms with E-state index in [1.807, 2.05) is 6.07 Å². The zero-order valence-electron chi connectivity index (χ0n) is 4.24. The van der Waals surface area contributed by atoms with Gasteiger partial charge >= 0.3 is 0 Å². The van der Waals surface area contributed by atoms with E-state index >= 15 is 0 Å². The van der Waals surface area contributed by atoms with Crippen molar-refractivity contribution in [3.8, 4) is 6.07 Å². The molecule has 0 aliphatic rings. The van der Waals surface area contributed by atoms with Crippen LogP contribution < -0.4 is 0 Å². The molecule has 0 amide bonds. The molecule has 0 radical (unpaired) electrons. The molecule has 1 unspecified atom stereocenters. The maximum Gasteiger partial charge on any atom is 0.137 e. The lowest BCUT2D eigenvalue weighted by atomic mass is 10.4. The lowest BCUT2D eigenvalue weighted by molar-refractivity contribution is 0.970. The summed E-state index contributed by atoms with van der Waals surface area (Å²) in [5.74, 6) is 0. The van der Waals surface area contributed by atoms with E-state index in [9.17, 15) is 0 Å². The number of alkyl halides is 4. The van der Waals surface area contributed by atoms with Crippen molar-refractivity contribution in [1.82, 2.24) is 0 Å². The molecular formula is C4H3Br4N. The summed E-state index contributed by atoms with van der Waals surface area (Å²) in [4.78, 5) is -0.129. The van der Waals surface area contributed by atoms with Crippen LogP contribution in [-0.2, 0) is 0 Å². The summed E-state index contributed by atoms with van der Waals surface area (Å²) in [6, 6.07) is 2.05. The molecular weight excluding hydrogens is 382 g/mol. The van der Waals surface area contributed by atoms with Crippen LogP contribution in [-0.4, -0.2) is 6.97 Å². The summed E-state index contributed by atoms with van der Waals surface area (Å²) in [5, 5.41) is 8.34. The predicted molar refractivity (Wildman–Crippen MR) is 52.5 cm³/mol. The normalized spacial score (nSPS) is 14.6. The van der Waals surface area contributed by atoms with Gasteiger partial charge < -0.3 is 0 Å². The average molecular weight is 385 g/mol. The first-order chi connectivity index (χ1) is 3.95. The van der Waals surface area contributed by atoms with E-state index in [0.29, 0.717) is 6.42 Å². The molecule has 0 aliphatic carbocycles. The number of hydrogen-bond donors (Lipinski definition) is 0. The fourth-order valence-corrected chi connectivity index (χ4v) is 3.01. The number of halogens is 4. The number of nitrogens with zero attached hydrogens (tertiary/aromatic N) is 1. The predicted octanol–water partition coefficient (Wildman–Crippen LogP) is 3.50. The summed E-state index contributed by atoms with van der Waals surface area (Å²) in [6.07, 6.45) is 0.656. The SMILES string of the molecule is N#CC(Br)CC(Br)(Br)Br. The molecule has 0 saturated carbocycles. The van der Waals surface area contributed by atoms with Crippen LogP contribution in [0.25, 0.3) is 0 Å². The first-order valence-corrected chi connectivity index (χ1v) is 5.35. The van der Waals surface area contributed by atoms with Crippen LogP contribution in [0.4, 0.5) is 0 Å². The van der Waals surface area contributed by atoms with Crippen molar-refractivity contribution in [3.63, 3.8) is 0 Å². The second-order valence-electron chi connectivity index (χ2n) is 1.42. The highest BCUT2D eigenvalue weighted by Crippen LogP contribution is 2.39. The minimum absolute atomic E-state index is 0.129. The second-order valence-corrected chi connectivity index (χ2v) is 9.77. The topological polar surface area (TPSA) is 23.8 Å². The third kappa shape index (κ3) is 7.31. The fraction of sp³-hybridized carbons (Fsp3) is 0.750. The molecule has 0 heterocycles. The molecule has 0 fully saturated rings. The molecule has 9 heavy (non-hydrogen) atoms. The first-order valence-electron chi connectivity index (χ1n) is 2.06. The molecule has 0 bridgehead atoms. The molecule has 52 valence electrons. The molecule has 0 aromatic carbocycles. The van der Waals surface area contributed by atoms with Gasteiger partial charge in [0, 0.05) is 6.42 Å². The Morgan fingerprint density at radius 2 is 1.89 bits per heavy atom. The maximum absolute atomic E-state index is 8.34. The molecule has 0 aromatic rings. The van der Waals surface area contributed by atoms with Crippen molar-refractivity contribution in [2.24, 2.45) is 0 Å². The molecule has 0 aromatic heterocycles. The molecule has 0 rings (SSSR count). The molecule has 1 atom stereocenters. The molecule has 0 N–H and O–H groups in total. The van der Waals surface area contributed by atoms with Crippen molar-refractivity contribution in [2.45, 2.75) is 13.4 Å². The summed E-state index contributed by atoms with van der Waals surface area (Å²) in [6.45, 7) is 0. The van der Waals surface area contributed by atoms with Crippen molar-refractivity contribution >= 4 is 63.7 Å². The summed E-state index contributed by atoms with van der Waals surface area (Å²) >= 11 is 13.0. The Balaban J connectivity index is 3.63. The standard InChI is InChI=1S/C4H3Br4N/c5-3(2-9)1-4(6,7)8/h3H,1H2. The second kappa shape index (κ2) is 4.32. The van der Waals surface area contributed by atoms with Gasteiger partial charge in [0.2, 0.25) is 0 Å². The smallest absolute Gasteiger partial charge is 0.137 e. The van der Waals surface area contributed by atoms with Gasteiger partial charge in [-0.25, -0.2) is 0 Å². The highest BCUT2D eigenvalue weighted by molar-refractivity contribution is 9.39. The van der Waals surface area contributed by atoms with E-state index in [-0.39, 0.29) is 6.97 Å². The molecule has 0 aliphatic heterocycles. The van der Waals surface area contributed by atoms with Crippen molar-refractivity contribution in [1.29, 1.82) is 5.26 Å². The van der Waals surface area contributed by atoms with Crippen LogP contribution >= 0.6 is 63.7 Å². The third-order valence-corrected chi connectivity index (χ3v) is 2.05. The van der Waals surface area contributed by atoms with E-state index in [1.54, 1.807) is 0 Å². The van der Waals surface area contributed by atoms with Crippen LogP contribution in [0.5, 0.6) is 0 Å². The van der Waals surface area contributed by atoms with Gasteiger partial charge in [0.15, 0.2) is 0 Å². The minimum atomic E-state index is -0.309. The van der Waals surface area contributed by atoms with Crippen LogP contribution in [0.3, 0.4) is 0 Å². The quantitative estimate of drug-likeness (QED) is 0.635. The Labute approximate surface area is 87.7 Å². The Bertz CT molecular complexity index is 122. The van der Waals surface area contributed by atoms with Crippen LogP contribution in [0.2, 0.25) is 0 Å². The summed E-state index contributed by atoms with van der Waals surface area (Å²) in [5.41, 5.74) is 0. The lowest BCUT2D eigenvalue weighted by Gasteiger charge is -2.10. The van der Waals surface area contributed by atoms with E-state index in [4.69, 9.17) is 5.26 Å². The van der Waals surface area contributed by atoms with Crippen LogP contribution in [0, 0.1) is 11.3 Å². The Kier molecular flexibility index (Phi) is 5.00. The summed E-state index contributed by atoms with van der Waals surface area (Å²) < 4.78 is -0.309. The Morgan fingerprint density at radius 1 is 1.44 bits per heavy atom. The van der Waals surface area contributed by atoms with Crippen LogP contribution in [0.1, 0.15) is 6.42 Å². The van der Waals surface area contributed by atoms with Crippen molar-refractivity contribution in [3.05, 3.63) is 0 Å². The van der Waals surface area contributed by atoms with E-state index in [1.165, 1.54) is 0 Å². The van der Waals surface area contributed by atoms with Crippen LogP contribution in [0.15, 0.2) is 0 Å². The highest BCUT2D eigenvalue weighted by atomic mass is 80.0. The summed E-state index contributed by atoms with van der Waals surface area (Å²) in [7, 11) is 0. The van der Waals surface area contributed by atoms with E-state index in [2.05, 4.69) is 63.7 Å². The monoisotopic (exact) mass is 381 g/mol. The first kappa shape index (κ1) is 10.4.